The molecule has 0 fully saturated rings. The summed E-state index contributed by atoms with van der Waals surface area (Å²) >= 11 is 7.03. The number of carboxylic acid groups (broad SMARTS) is 1. The zero-order valence-corrected chi connectivity index (χ0v) is 10.6. The third kappa shape index (κ3) is 2.91. The molecule has 0 saturated heterocycles. The average molecular weight is 285 g/mol. The summed E-state index contributed by atoms with van der Waals surface area (Å²) in [4.78, 5) is 15.5. The second-order valence-electron chi connectivity index (χ2n) is 3.47. The lowest BCUT2D eigenvalue weighted by Crippen LogP contribution is -2.00. The maximum Gasteiger partial charge on any atom is 0.335 e. The third-order valence-corrected chi connectivity index (χ3v) is 3.34. The second-order valence-corrected chi connectivity index (χ2v) is 5.17. The SMILES string of the molecule is O=C(O)c1ccc(NCc2cnc(Cl)s2)c(O)c1. The molecule has 0 spiro atoms. The number of nitrogens with zero attached hydrogens (tertiary/aromatic N) is 1. The predicted molar refractivity (Wildman–Crippen MR) is 69.5 cm³/mol. The molecule has 1 aromatic carbocycles. The van der Waals surface area contributed by atoms with Gasteiger partial charge in [0.25, 0.3) is 0 Å². The molecule has 18 heavy (non-hydrogen) atoms. The molecule has 0 saturated carbocycles. The summed E-state index contributed by atoms with van der Waals surface area (Å²) in [6, 6.07) is 4.13. The fourth-order valence-corrected chi connectivity index (χ4v) is 2.28. The smallest absolute Gasteiger partial charge is 0.335 e. The predicted octanol–water partition coefficient (Wildman–Crippen LogP) is 2.81. The van der Waals surface area contributed by atoms with E-state index in [4.69, 9.17) is 16.7 Å². The van der Waals surface area contributed by atoms with Crippen LogP contribution in [-0.2, 0) is 6.54 Å². The van der Waals surface area contributed by atoms with Gasteiger partial charge in [-0.3, -0.25) is 0 Å². The van der Waals surface area contributed by atoms with Crippen LogP contribution in [-0.4, -0.2) is 21.2 Å². The molecule has 0 aliphatic rings. The Labute approximate surface area is 112 Å². The number of aromatic hydroxyl groups is 1. The molecular formula is C11H9ClN2O3S. The highest BCUT2D eigenvalue weighted by molar-refractivity contribution is 7.15. The topological polar surface area (TPSA) is 82.5 Å². The molecule has 1 aromatic heterocycles. The Morgan fingerprint density at radius 2 is 2.28 bits per heavy atom. The summed E-state index contributed by atoms with van der Waals surface area (Å²) in [6.45, 7) is 0.463. The lowest BCUT2D eigenvalue weighted by atomic mass is 10.2. The third-order valence-electron chi connectivity index (χ3n) is 2.22. The van der Waals surface area contributed by atoms with Crippen LogP contribution in [0.5, 0.6) is 5.75 Å². The Morgan fingerprint density at radius 3 is 2.83 bits per heavy atom. The van der Waals surface area contributed by atoms with Crippen LogP contribution in [0.2, 0.25) is 4.47 Å². The lowest BCUT2D eigenvalue weighted by molar-refractivity contribution is 0.0696. The van der Waals surface area contributed by atoms with Gasteiger partial charge in [-0.2, -0.15) is 0 Å². The highest BCUT2D eigenvalue weighted by Gasteiger charge is 2.08. The van der Waals surface area contributed by atoms with Crippen LogP contribution in [0.3, 0.4) is 0 Å². The Balaban J connectivity index is 2.08. The first-order chi connectivity index (χ1) is 8.56. The van der Waals surface area contributed by atoms with Crippen molar-refractivity contribution in [1.29, 1.82) is 0 Å². The van der Waals surface area contributed by atoms with Crippen LogP contribution in [0.1, 0.15) is 15.2 Å². The molecule has 7 heteroatoms. The highest BCUT2D eigenvalue weighted by atomic mass is 35.5. The zero-order chi connectivity index (χ0) is 13.1. The molecule has 0 unspecified atom stereocenters. The summed E-state index contributed by atoms with van der Waals surface area (Å²) in [5.74, 6) is -1.18. The fourth-order valence-electron chi connectivity index (χ4n) is 1.36. The number of benzene rings is 1. The molecule has 5 nitrogen and oxygen atoms in total. The first-order valence-electron chi connectivity index (χ1n) is 4.96. The van der Waals surface area contributed by atoms with Crippen molar-refractivity contribution in [1.82, 2.24) is 4.98 Å². The van der Waals surface area contributed by atoms with Gasteiger partial charge in [0.15, 0.2) is 4.47 Å². The number of hydrogen-bond acceptors (Lipinski definition) is 5. The van der Waals surface area contributed by atoms with Crippen molar-refractivity contribution in [2.24, 2.45) is 0 Å². The van der Waals surface area contributed by atoms with E-state index < -0.39 is 5.97 Å². The van der Waals surface area contributed by atoms with Gasteiger partial charge in [-0.15, -0.1) is 11.3 Å². The maximum atomic E-state index is 10.7. The molecule has 94 valence electrons. The number of carbonyl (C=O) groups is 1. The van der Waals surface area contributed by atoms with Gasteiger partial charge in [-0.1, -0.05) is 11.6 Å². The maximum absolute atomic E-state index is 10.7. The van der Waals surface area contributed by atoms with E-state index in [9.17, 15) is 9.90 Å². The minimum absolute atomic E-state index is 0.0406. The van der Waals surface area contributed by atoms with Crippen LogP contribution >= 0.6 is 22.9 Å². The van der Waals surface area contributed by atoms with Gasteiger partial charge in [-0.25, -0.2) is 9.78 Å². The van der Waals surface area contributed by atoms with E-state index in [1.165, 1.54) is 29.5 Å². The molecule has 0 aliphatic carbocycles. The van der Waals surface area contributed by atoms with Crippen molar-refractivity contribution >= 4 is 34.6 Å². The number of halogens is 1. The average Bonchev–Trinajstić information content (AvgIpc) is 2.73. The van der Waals surface area contributed by atoms with E-state index in [2.05, 4.69) is 10.3 Å². The van der Waals surface area contributed by atoms with E-state index in [0.29, 0.717) is 16.7 Å². The van der Waals surface area contributed by atoms with Crippen LogP contribution in [0.25, 0.3) is 0 Å². The van der Waals surface area contributed by atoms with E-state index in [1.807, 2.05) is 0 Å². The molecule has 0 amide bonds. The molecular weight excluding hydrogens is 276 g/mol. The van der Waals surface area contributed by atoms with Gasteiger partial charge in [0.2, 0.25) is 0 Å². The van der Waals surface area contributed by atoms with Crippen LogP contribution in [0.15, 0.2) is 24.4 Å². The molecule has 0 aliphatic heterocycles. The number of aromatic carboxylic acids is 1. The quantitative estimate of drug-likeness (QED) is 0.752. The Morgan fingerprint density at radius 1 is 1.50 bits per heavy atom. The van der Waals surface area contributed by atoms with Crippen molar-refractivity contribution in [3.8, 4) is 5.75 Å². The molecule has 0 radical (unpaired) electrons. The number of thiazole rings is 1. The van der Waals surface area contributed by atoms with Gasteiger partial charge in [-0.05, 0) is 18.2 Å². The Hall–Kier alpha value is -1.79. The Kier molecular flexibility index (Phi) is 3.69. The van der Waals surface area contributed by atoms with Gasteiger partial charge >= 0.3 is 5.97 Å². The first-order valence-corrected chi connectivity index (χ1v) is 6.16. The molecule has 2 aromatic rings. The van der Waals surface area contributed by atoms with Crippen molar-refractivity contribution in [2.45, 2.75) is 6.54 Å². The summed E-state index contributed by atoms with van der Waals surface area (Å²) in [5.41, 5.74) is 0.503. The molecule has 0 bridgehead atoms. The summed E-state index contributed by atoms with van der Waals surface area (Å²) < 4.78 is 0.456. The van der Waals surface area contributed by atoms with Crippen molar-refractivity contribution in [2.75, 3.05) is 5.32 Å². The fraction of sp³-hybridized carbons (Fsp3) is 0.0909. The van der Waals surface area contributed by atoms with Crippen LogP contribution < -0.4 is 5.32 Å². The van der Waals surface area contributed by atoms with E-state index in [0.717, 1.165) is 4.88 Å². The van der Waals surface area contributed by atoms with E-state index in [1.54, 1.807) is 6.20 Å². The lowest BCUT2D eigenvalue weighted by Gasteiger charge is -2.07. The Bertz CT molecular complexity index is 585. The summed E-state index contributed by atoms with van der Waals surface area (Å²) in [6.07, 6.45) is 1.64. The van der Waals surface area contributed by atoms with Crippen molar-refractivity contribution in [3.05, 3.63) is 39.3 Å². The zero-order valence-electron chi connectivity index (χ0n) is 9.05. The monoisotopic (exact) mass is 284 g/mol. The number of phenolic OH excluding ortho intramolecular Hbond substituents is 1. The number of aromatic nitrogens is 1. The highest BCUT2D eigenvalue weighted by Crippen LogP contribution is 2.26. The minimum atomic E-state index is -1.08. The van der Waals surface area contributed by atoms with E-state index >= 15 is 0 Å². The normalized spacial score (nSPS) is 10.3. The number of anilines is 1. The van der Waals surface area contributed by atoms with Gasteiger partial charge in [0, 0.05) is 11.1 Å². The van der Waals surface area contributed by atoms with E-state index in [-0.39, 0.29) is 11.3 Å². The largest absolute Gasteiger partial charge is 0.506 e. The first kappa shape index (κ1) is 12.7. The number of phenols is 1. The summed E-state index contributed by atoms with van der Waals surface area (Å²) in [5, 5.41) is 21.4. The van der Waals surface area contributed by atoms with Crippen LogP contribution in [0, 0.1) is 0 Å². The van der Waals surface area contributed by atoms with Gasteiger partial charge in [0.05, 0.1) is 17.8 Å². The summed E-state index contributed by atoms with van der Waals surface area (Å²) in [7, 11) is 0. The van der Waals surface area contributed by atoms with Crippen LogP contribution in [0.4, 0.5) is 5.69 Å². The minimum Gasteiger partial charge on any atom is -0.506 e. The van der Waals surface area contributed by atoms with Crippen molar-refractivity contribution < 1.29 is 15.0 Å². The molecule has 1 heterocycles. The second kappa shape index (κ2) is 5.24. The molecule has 0 atom stereocenters. The molecule has 3 N–H and O–H groups in total. The van der Waals surface area contributed by atoms with Gasteiger partial charge in [0.1, 0.15) is 5.75 Å². The number of rotatable bonds is 4. The van der Waals surface area contributed by atoms with Gasteiger partial charge < -0.3 is 15.5 Å². The number of hydrogen-bond donors (Lipinski definition) is 3. The molecule has 2 rings (SSSR count). The van der Waals surface area contributed by atoms with Crippen molar-refractivity contribution in [3.63, 3.8) is 0 Å². The standard InChI is InChI=1S/C11H9ClN2O3S/c12-11-14-5-7(18-11)4-13-8-2-1-6(10(16)17)3-9(8)15/h1-3,5,13,15H,4H2,(H,16,17). The number of carboxylic acids is 1. The number of nitrogens with one attached hydrogen (secondary N) is 1.